The van der Waals surface area contributed by atoms with Crippen molar-refractivity contribution in [1.82, 2.24) is 0 Å². The molecule has 0 spiro atoms. The molecule has 0 saturated carbocycles. The number of hydrogen-bond acceptors (Lipinski definition) is 4. The van der Waals surface area contributed by atoms with Gasteiger partial charge in [0, 0.05) is 11.0 Å². The van der Waals surface area contributed by atoms with Crippen LogP contribution in [0.3, 0.4) is 0 Å². The second-order valence-electron chi connectivity index (χ2n) is 3.09. The van der Waals surface area contributed by atoms with Crippen molar-refractivity contribution >= 4 is 21.6 Å². The highest BCUT2D eigenvalue weighted by Crippen LogP contribution is 2.39. The Morgan fingerprint density at radius 1 is 1.33 bits per heavy atom. The lowest BCUT2D eigenvalue weighted by Crippen LogP contribution is -2.04. The van der Waals surface area contributed by atoms with E-state index in [1.807, 2.05) is 21.6 Å². The van der Waals surface area contributed by atoms with E-state index >= 15 is 0 Å². The van der Waals surface area contributed by atoms with Crippen LogP contribution >= 0.6 is 21.6 Å². The summed E-state index contributed by atoms with van der Waals surface area (Å²) in [6.45, 7) is 0. The Morgan fingerprint density at radius 3 is 2.75 bits per heavy atom. The largest absolute Gasteiger partial charge is 0.368 e. The molecule has 4 heteroatoms. The molecular formula is C8H16O2S2. The molecule has 1 heterocycles. The lowest BCUT2D eigenvalue weighted by molar-refractivity contribution is -0.0465. The summed E-state index contributed by atoms with van der Waals surface area (Å²) in [5.74, 6) is 1.29. The van der Waals surface area contributed by atoms with Crippen LogP contribution in [0.25, 0.3) is 0 Å². The Bertz CT molecular complexity index is 114. The summed E-state index contributed by atoms with van der Waals surface area (Å²) < 4.78 is 0. The molecule has 0 unspecified atom stereocenters. The van der Waals surface area contributed by atoms with Gasteiger partial charge in [-0.15, -0.1) is 0 Å². The standard InChI is InChI=1S/C8H16O2S2/c9-8(10)4-2-1-3-7-5-6-11-12-7/h7-10H,1-6H2/t7-/m1/s1. The maximum Gasteiger partial charge on any atom is 0.151 e. The summed E-state index contributed by atoms with van der Waals surface area (Å²) in [6, 6.07) is 0. The predicted octanol–water partition coefficient (Wildman–Crippen LogP) is 2.01. The summed E-state index contributed by atoms with van der Waals surface area (Å²) in [5.41, 5.74) is 0. The molecule has 0 aliphatic carbocycles. The smallest absolute Gasteiger partial charge is 0.151 e. The molecular weight excluding hydrogens is 192 g/mol. The van der Waals surface area contributed by atoms with Crippen LogP contribution in [0.5, 0.6) is 0 Å². The lowest BCUT2D eigenvalue weighted by Gasteiger charge is -2.07. The van der Waals surface area contributed by atoms with E-state index in [1.165, 1.54) is 18.6 Å². The highest BCUT2D eigenvalue weighted by molar-refractivity contribution is 8.77. The summed E-state index contributed by atoms with van der Waals surface area (Å²) in [7, 11) is 3.96. The molecule has 2 N–H and O–H groups in total. The summed E-state index contributed by atoms with van der Waals surface area (Å²) in [6.07, 6.45) is 4.08. The van der Waals surface area contributed by atoms with Crippen molar-refractivity contribution in [2.45, 2.75) is 43.6 Å². The zero-order valence-electron chi connectivity index (χ0n) is 7.11. The third-order valence-electron chi connectivity index (χ3n) is 1.97. The van der Waals surface area contributed by atoms with Crippen LogP contribution in [0.4, 0.5) is 0 Å². The first-order valence-corrected chi connectivity index (χ1v) is 6.81. The van der Waals surface area contributed by atoms with Gasteiger partial charge < -0.3 is 10.2 Å². The molecule has 1 aliphatic heterocycles. The summed E-state index contributed by atoms with van der Waals surface area (Å²) in [5, 5.41) is 18.0. The van der Waals surface area contributed by atoms with Gasteiger partial charge in [-0.05, 0) is 25.7 Å². The Morgan fingerprint density at radius 2 is 2.17 bits per heavy atom. The van der Waals surface area contributed by atoms with Crippen LogP contribution in [0.15, 0.2) is 0 Å². The van der Waals surface area contributed by atoms with Crippen molar-refractivity contribution < 1.29 is 10.2 Å². The Kier molecular flexibility index (Phi) is 5.47. The third-order valence-corrected chi connectivity index (χ3v) is 4.97. The Hall–Kier alpha value is 0.620. The molecule has 1 aliphatic rings. The van der Waals surface area contributed by atoms with Crippen LogP contribution in [-0.4, -0.2) is 27.5 Å². The fourth-order valence-electron chi connectivity index (χ4n) is 1.26. The molecule has 0 aromatic carbocycles. The number of unbranched alkanes of at least 4 members (excludes halogenated alkanes) is 1. The van der Waals surface area contributed by atoms with Gasteiger partial charge in [0.15, 0.2) is 6.29 Å². The van der Waals surface area contributed by atoms with Gasteiger partial charge in [-0.25, -0.2) is 0 Å². The summed E-state index contributed by atoms with van der Waals surface area (Å²) >= 11 is 0. The Balaban J connectivity index is 1.88. The van der Waals surface area contributed by atoms with E-state index in [0.29, 0.717) is 6.42 Å². The average molecular weight is 208 g/mol. The van der Waals surface area contributed by atoms with Gasteiger partial charge in [-0.2, -0.15) is 0 Å². The van der Waals surface area contributed by atoms with E-state index in [2.05, 4.69) is 0 Å². The molecule has 1 saturated heterocycles. The van der Waals surface area contributed by atoms with E-state index in [-0.39, 0.29) is 0 Å². The first-order chi connectivity index (χ1) is 5.79. The van der Waals surface area contributed by atoms with Gasteiger partial charge >= 0.3 is 0 Å². The molecule has 0 radical (unpaired) electrons. The zero-order valence-corrected chi connectivity index (χ0v) is 8.74. The number of hydrogen-bond donors (Lipinski definition) is 2. The van der Waals surface area contributed by atoms with Crippen LogP contribution in [0.2, 0.25) is 0 Å². The van der Waals surface area contributed by atoms with Gasteiger partial charge in [0.25, 0.3) is 0 Å². The van der Waals surface area contributed by atoms with Crippen LogP contribution in [0.1, 0.15) is 32.1 Å². The van der Waals surface area contributed by atoms with Gasteiger partial charge in [-0.1, -0.05) is 28.0 Å². The molecule has 0 aromatic heterocycles. The van der Waals surface area contributed by atoms with E-state index in [9.17, 15) is 0 Å². The van der Waals surface area contributed by atoms with Crippen molar-refractivity contribution in [2.75, 3.05) is 5.75 Å². The van der Waals surface area contributed by atoms with Gasteiger partial charge in [-0.3, -0.25) is 0 Å². The van der Waals surface area contributed by atoms with Crippen LogP contribution in [-0.2, 0) is 0 Å². The highest BCUT2D eigenvalue weighted by atomic mass is 33.1. The minimum atomic E-state index is -1.10. The number of rotatable bonds is 5. The quantitative estimate of drug-likeness (QED) is 0.412. The molecule has 2 nitrogen and oxygen atoms in total. The molecule has 72 valence electrons. The maximum atomic E-state index is 8.59. The Labute approximate surface area is 81.5 Å². The van der Waals surface area contributed by atoms with Crippen molar-refractivity contribution in [3.8, 4) is 0 Å². The maximum absolute atomic E-state index is 8.59. The molecule has 0 bridgehead atoms. The third kappa shape index (κ3) is 4.60. The van der Waals surface area contributed by atoms with Crippen molar-refractivity contribution in [1.29, 1.82) is 0 Å². The minimum absolute atomic E-state index is 0.532. The fraction of sp³-hybridized carbons (Fsp3) is 1.00. The van der Waals surface area contributed by atoms with Crippen LogP contribution in [0, 0.1) is 0 Å². The molecule has 1 fully saturated rings. The second-order valence-corrected chi connectivity index (χ2v) is 5.88. The van der Waals surface area contributed by atoms with Gasteiger partial charge in [0.2, 0.25) is 0 Å². The van der Waals surface area contributed by atoms with Gasteiger partial charge in [0.05, 0.1) is 0 Å². The van der Waals surface area contributed by atoms with Crippen molar-refractivity contribution in [3.05, 3.63) is 0 Å². The predicted molar refractivity (Wildman–Crippen MR) is 55.1 cm³/mol. The fourth-order valence-corrected chi connectivity index (χ4v) is 4.29. The monoisotopic (exact) mass is 208 g/mol. The SMILES string of the molecule is OC(O)CCCC[C@@H]1CCSS1. The highest BCUT2D eigenvalue weighted by Gasteiger charge is 2.15. The summed E-state index contributed by atoms with van der Waals surface area (Å²) in [4.78, 5) is 0. The zero-order chi connectivity index (χ0) is 8.81. The van der Waals surface area contributed by atoms with Crippen molar-refractivity contribution in [3.63, 3.8) is 0 Å². The molecule has 0 aromatic rings. The van der Waals surface area contributed by atoms with E-state index in [1.54, 1.807) is 0 Å². The normalized spacial score (nSPS) is 23.8. The first-order valence-electron chi connectivity index (χ1n) is 4.43. The lowest BCUT2D eigenvalue weighted by atomic mass is 10.1. The van der Waals surface area contributed by atoms with Crippen molar-refractivity contribution in [2.24, 2.45) is 0 Å². The molecule has 12 heavy (non-hydrogen) atoms. The molecule has 0 amide bonds. The second kappa shape index (κ2) is 6.13. The van der Waals surface area contributed by atoms with E-state index in [4.69, 9.17) is 10.2 Å². The average Bonchev–Trinajstić information content (AvgIpc) is 2.49. The molecule has 1 atom stereocenters. The minimum Gasteiger partial charge on any atom is -0.368 e. The topological polar surface area (TPSA) is 40.5 Å². The first kappa shape index (κ1) is 10.7. The van der Waals surface area contributed by atoms with E-state index < -0.39 is 6.29 Å². The number of aliphatic hydroxyl groups is 2. The van der Waals surface area contributed by atoms with Crippen LogP contribution < -0.4 is 0 Å². The molecule has 1 rings (SSSR count). The van der Waals surface area contributed by atoms with Gasteiger partial charge in [0.1, 0.15) is 0 Å². The van der Waals surface area contributed by atoms with E-state index in [0.717, 1.165) is 18.1 Å². The number of aliphatic hydroxyl groups excluding tert-OH is 1.